The van der Waals surface area contributed by atoms with Gasteiger partial charge in [0.15, 0.2) is 0 Å². The molecule has 1 aromatic rings. The molecule has 1 aromatic carbocycles. The van der Waals surface area contributed by atoms with Crippen LogP contribution in [0.3, 0.4) is 0 Å². The number of anilines is 1. The minimum Gasteiger partial charge on any atom is -0.345 e. The van der Waals surface area contributed by atoms with E-state index in [0.717, 1.165) is 17.7 Å². The van der Waals surface area contributed by atoms with Crippen LogP contribution in [0.1, 0.15) is 24.8 Å². The summed E-state index contributed by atoms with van der Waals surface area (Å²) in [6.45, 7) is 2.06. The van der Waals surface area contributed by atoms with Crippen molar-refractivity contribution in [1.29, 1.82) is 5.26 Å². The largest absolute Gasteiger partial charge is 0.345 e. The van der Waals surface area contributed by atoms with E-state index in [1.165, 1.54) is 0 Å². The van der Waals surface area contributed by atoms with E-state index in [1.54, 1.807) is 0 Å². The number of allylic oxidation sites excluding steroid dienone is 1. The van der Waals surface area contributed by atoms with Crippen LogP contribution in [0, 0.1) is 11.3 Å². The summed E-state index contributed by atoms with van der Waals surface area (Å²) in [4.78, 5) is 0. The Morgan fingerprint density at radius 3 is 2.87 bits per heavy atom. The van der Waals surface area contributed by atoms with Crippen molar-refractivity contribution in [1.82, 2.24) is 0 Å². The van der Waals surface area contributed by atoms with Gasteiger partial charge in [-0.2, -0.15) is 5.26 Å². The van der Waals surface area contributed by atoms with Crippen molar-refractivity contribution in [3.8, 4) is 6.07 Å². The molecular formula is C12H11ClN2. The molecular weight excluding hydrogens is 208 g/mol. The third kappa shape index (κ3) is 1.60. The smallest absolute Gasteiger partial charge is 0.121 e. The van der Waals surface area contributed by atoms with Gasteiger partial charge < -0.3 is 5.32 Å². The normalized spacial score (nSPS) is 19.1. The summed E-state index contributed by atoms with van der Waals surface area (Å²) in [7, 11) is 0. The van der Waals surface area contributed by atoms with Crippen molar-refractivity contribution in [3.63, 3.8) is 0 Å². The number of rotatable bonds is 1. The van der Waals surface area contributed by atoms with Crippen LogP contribution < -0.4 is 5.32 Å². The first-order valence-corrected chi connectivity index (χ1v) is 5.31. The Labute approximate surface area is 94.2 Å². The molecule has 0 bridgehead atoms. The summed E-state index contributed by atoms with van der Waals surface area (Å²) in [5.74, 6) is 0.125. The Morgan fingerprint density at radius 1 is 1.47 bits per heavy atom. The minimum absolute atomic E-state index is 0.125. The van der Waals surface area contributed by atoms with E-state index in [4.69, 9.17) is 16.9 Å². The highest BCUT2D eigenvalue weighted by Crippen LogP contribution is 2.39. The van der Waals surface area contributed by atoms with Crippen LogP contribution in [0.25, 0.3) is 0 Å². The highest BCUT2D eigenvalue weighted by molar-refractivity contribution is 6.32. The number of benzene rings is 1. The lowest BCUT2D eigenvalue weighted by atomic mass is 9.87. The van der Waals surface area contributed by atoms with Gasteiger partial charge in [-0.05, 0) is 18.1 Å². The van der Waals surface area contributed by atoms with Gasteiger partial charge in [0.25, 0.3) is 0 Å². The van der Waals surface area contributed by atoms with Gasteiger partial charge in [-0.3, -0.25) is 0 Å². The van der Waals surface area contributed by atoms with Crippen LogP contribution in [-0.2, 0) is 0 Å². The summed E-state index contributed by atoms with van der Waals surface area (Å²) < 4.78 is 0. The van der Waals surface area contributed by atoms with Crippen molar-refractivity contribution in [2.24, 2.45) is 0 Å². The molecule has 0 spiro atoms. The average molecular weight is 219 g/mol. The fourth-order valence-corrected chi connectivity index (χ4v) is 2.24. The van der Waals surface area contributed by atoms with E-state index in [0.29, 0.717) is 10.7 Å². The average Bonchev–Trinajstić information content (AvgIpc) is 2.27. The minimum atomic E-state index is 0.125. The maximum Gasteiger partial charge on any atom is 0.121 e. The highest BCUT2D eigenvalue weighted by Gasteiger charge is 2.25. The Morgan fingerprint density at radius 2 is 2.20 bits per heavy atom. The van der Waals surface area contributed by atoms with E-state index in [-0.39, 0.29) is 5.92 Å². The van der Waals surface area contributed by atoms with Crippen molar-refractivity contribution < 1.29 is 0 Å². The van der Waals surface area contributed by atoms with Gasteiger partial charge in [0.05, 0.1) is 11.6 Å². The molecule has 0 aromatic heterocycles. The molecule has 0 saturated carbocycles. The lowest BCUT2D eigenvalue weighted by Crippen LogP contribution is -2.14. The molecule has 0 saturated heterocycles. The predicted octanol–water partition coefficient (Wildman–Crippen LogP) is 3.58. The molecule has 2 rings (SSSR count). The number of para-hydroxylation sites is 1. The Hall–Kier alpha value is -1.46. The monoisotopic (exact) mass is 218 g/mol. The number of hydrogen-bond acceptors (Lipinski definition) is 2. The maximum absolute atomic E-state index is 9.06. The van der Waals surface area contributed by atoms with Crippen LogP contribution in [0.15, 0.2) is 35.0 Å². The molecule has 0 aliphatic carbocycles. The second-order valence-electron chi connectivity index (χ2n) is 3.51. The zero-order valence-electron chi connectivity index (χ0n) is 8.42. The first-order chi connectivity index (χ1) is 7.27. The zero-order chi connectivity index (χ0) is 10.8. The molecule has 1 N–H and O–H groups in total. The van der Waals surface area contributed by atoms with Crippen molar-refractivity contribution in [2.45, 2.75) is 19.3 Å². The predicted molar refractivity (Wildman–Crippen MR) is 61.6 cm³/mol. The Kier molecular flexibility index (Phi) is 2.66. The second-order valence-corrected chi connectivity index (χ2v) is 3.89. The zero-order valence-corrected chi connectivity index (χ0v) is 9.17. The van der Waals surface area contributed by atoms with Crippen molar-refractivity contribution in [2.75, 3.05) is 5.32 Å². The van der Waals surface area contributed by atoms with Crippen LogP contribution in [0.4, 0.5) is 5.69 Å². The number of nitrogens with one attached hydrogen (secondary N) is 1. The summed E-state index contributed by atoms with van der Waals surface area (Å²) in [5.41, 5.74) is 2.80. The first-order valence-electron chi connectivity index (χ1n) is 4.93. The third-order valence-corrected chi connectivity index (χ3v) is 2.99. The van der Waals surface area contributed by atoms with Gasteiger partial charge in [0.2, 0.25) is 0 Å². The number of hydrogen-bond donors (Lipinski definition) is 1. The molecule has 1 aliphatic heterocycles. The lowest BCUT2D eigenvalue weighted by molar-refractivity contribution is 0.769. The van der Waals surface area contributed by atoms with E-state index in [2.05, 4.69) is 18.3 Å². The molecule has 1 atom stereocenters. The molecule has 0 radical (unpaired) electrons. The van der Waals surface area contributed by atoms with Crippen molar-refractivity contribution >= 4 is 17.3 Å². The van der Waals surface area contributed by atoms with Crippen LogP contribution in [0.2, 0.25) is 0 Å². The Bertz CT molecular complexity index is 457. The quantitative estimate of drug-likeness (QED) is 0.732. The van der Waals surface area contributed by atoms with Gasteiger partial charge in [-0.1, -0.05) is 36.7 Å². The lowest BCUT2D eigenvalue weighted by Gasteiger charge is -2.25. The topological polar surface area (TPSA) is 35.8 Å². The number of nitriles is 1. The SMILES string of the molecule is CCC1C(C#N)=C(Cl)Nc2ccccc21. The van der Waals surface area contributed by atoms with Gasteiger partial charge in [-0.25, -0.2) is 0 Å². The van der Waals surface area contributed by atoms with Gasteiger partial charge in [0, 0.05) is 11.6 Å². The molecule has 1 aliphatic rings. The standard InChI is InChI=1S/C12H11ClN2/c1-2-8-9-5-3-4-6-11(9)15-12(13)10(8)7-14/h3-6,8,15H,2H2,1H3. The number of nitrogens with zero attached hydrogens (tertiary/aromatic N) is 1. The van der Waals surface area contributed by atoms with Gasteiger partial charge >= 0.3 is 0 Å². The summed E-state index contributed by atoms with van der Waals surface area (Å²) in [6, 6.07) is 10.1. The fourth-order valence-electron chi connectivity index (χ4n) is 1.96. The molecule has 76 valence electrons. The second kappa shape index (κ2) is 3.96. The van der Waals surface area contributed by atoms with Gasteiger partial charge in [-0.15, -0.1) is 0 Å². The molecule has 0 fully saturated rings. The summed E-state index contributed by atoms with van der Waals surface area (Å²) in [6.07, 6.45) is 0.887. The highest BCUT2D eigenvalue weighted by atomic mass is 35.5. The fraction of sp³-hybridized carbons (Fsp3) is 0.250. The molecule has 15 heavy (non-hydrogen) atoms. The summed E-state index contributed by atoms with van der Waals surface area (Å²) >= 11 is 6.03. The molecule has 3 heteroatoms. The number of halogens is 1. The van der Waals surface area contributed by atoms with E-state index >= 15 is 0 Å². The molecule has 2 nitrogen and oxygen atoms in total. The molecule has 1 unspecified atom stereocenters. The van der Waals surface area contributed by atoms with Gasteiger partial charge in [0.1, 0.15) is 5.16 Å². The first kappa shape index (κ1) is 10.1. The van der Waals surface area contributed by atoms with Crippen LogP contribution in [0.5, 0.6) is 0 Å². The number of fused-ring (bicyclic) bond motifs is 1. The summed E-state index contributed by atoms with van der Waals surface area (Å²) in [5, 5.41) is 12.6. The third-order valence-electron chi connectivity index (χ3n) is 2.69. The van der Waals surface area contributed by atoms with Crippen molar-refractivity contribution in [3.05, 3.63) is 40.6 Å². The van der Waals surface area contributed by atoms with E-state index in [1.807, 2.05) is 24.3 Å². The molecule has 0 amide bonds. The maximum atomic E-state index is 9.06. The van der Waals surface area contributed by atoms with E-state index in [9.17, 15) is 0 Å². The van der Waals surface area contributed by atoms with Crippen LogP contribution >= 0.6 is 11.6 Å². The van der Waals surface area contributed by atoms with E-state index < -0.39 is 0 Å². The molecule has 1 heterocycles. The van der Waals surface area contributed by atoms with Crippen LogP contribution in [-0.4, -0.2) is 0 Å². The Balaban J connectivity index is 2.55.